The molecule has 0 fully saturated rings. The molecule has 3 nitrogen and oxygen atoms in total. The summed E-state index contributed by atoms with van der Waals surface area (Å²) >= 11 is 0. The van der Waals surface area contributed by atoms with Crippen LogP contribution in [0.1, 0.15) is 25.0 Å². The number of hydrogen-bond donors (Lipinski definition) is 0. The van der Waals surface area contributed by atoms with E-state index >= 15 is 0 Å². The lowest BCUT2D eigenvalue weighted by Gasteiger charge is -2.12. The molecule has 1 aromatic carbocycles. The molecule has 0 bridgehead atoms. The summed E-state index contributed by atoms with van der Waals surface area (Å²) in [7, 11) is -2.52. The second-order valence-corrected chi connectivity index (χ2v) is 6.89. The smallest absolute Gasteiger partial charge is 0.204 e. The molecule has 4 heteroatoms. The van der Waals surface area contributed by atoms with Crippen molar-refractivity contribution >= 4 is 13.2 Å². The van der Waals surface area contributed by atoms with Crippen molar-refractivity contribution in [1.29, 1.82) is 0 Å². The third-order valence-electron chi connectivity index (χ3n) is 2.35. The first kappa shape index (κ1) is 14.1. The lowest BCUT2D eigenvalue weighted by molar-refractivity contribution is -0.116. The summed E-state index contributed by atoms with van der Waals surface area (Å²) in [5, 5.41) is 0. The van der Waals surface area contributed by atoms with E-state index in [-0.39, 0.29) is 5.78 Å². The first-order valence-corrected chi connectivity index (χ1v) is 7.97. The van der Waals surface area contributed by atoms with E-state index in [9.17, 15) is 9.36 Å². The fourth-order valence-electron chi connectivity index (χ4n) is 1.70. The molecule has 1 unspecified atom stereocenters. The van der Waals surface area contributed by atoms with Crippen molar-refractivity contribution < 1.29 is 13.9 Å². The van der Waals surface area contributed by atoms with Crippen LogP contribution < -0.4 is 0 Å². The van der Waals surface area contributed by atoms with Crippen molar-refractivity contribution in [1.82, 2.24) is 0 Å². The lowest BCUT2D eigenvalue weighted by Crippen LogP contribution is -1.97. The molecule has 1 aromatic rings. The number of Topliss-reactive ketones (excluding diaryl/α,β-unsaturated/α-hetero) is 1. The van der Waals surface area contributed by atoms with Gasteiger partial charge < -0.3 is 4.52 Å². The maximum atomic E-state index is 12.0. The molecule has 0 N–H and O–H groups in total. The highest BCUT2D eigenvalue weighted by Crippen LogP contribution is 2.45. The molecule has 0 spiro atoms. The number of rotatable bonds is 6. The van der Waals surface area contributed by atoms with E-state index in [1.54, 1.807) is 13.6 Å². The summed E-state index contributed by atoms with van der Waals surface area (Å²) in [5.74, 6) is 0.147. The second-order valence-electron chi connectivity index (χ2n) is 4.29. The number of ketones is 1. The van der Waals surface area contributed by atoms with Gasteiger partial charge in [-0.05, 0) is 25.0 Å². The van der Waals surface area contributed by atoms with Crippen molar-refractivity contribution in [2.24, 2.45) is 0 Å². The quantitative estimate of drug-likeness (QED) is 0.732. The average molecular weight is 254 g/mol. The predicted octanol–water partition coefficient (Wildman–Crippen LogP) is 3.26. The lowest BCUT2D eigenvalue weighted by atomic mass is 10.1. The van der Waals surface area contributed by atoms with E-state index in [2.05, 4.69) is 0 Å². The summed E-state index contributed by atoms with van der Waals surface area (Å²) in [5.41, 5.74) is 1.97. The Labute approximate surface area is 103 Å². The number of benzene rings is 1. The molecule has 0 amide bonds. The Morgan fingerprint density at radius 2 is 1.76 bits per heavy atom. The Morgan fingerprint density at radius 1 is 1.24 bits per heavy atom. The van der Waals surface area contributed by atoms with Crippen LogP contribution in [0.4, 0.5) is 0 Å². The highest BCUT2D eigenvalue weighted by Gasteiger charge is 2.15. The van der Waals surface area contributed by atoms with Gasteiger partial charge in [0.15, 0.2) is 0 Å². The Balaban J connectivity index is 2.68. The van der Waals surface area contributed by atoms with Gasteiger partial charge in [-0.2, -0.15) is 0 Å². The van der Waals surface area contributed by atoms with Crippen LogP contribution in [0.25, 0.3) is 0 Å². The third kappa shape index (κ3) is 5.29. The first-order valence-electron chi connectivity index (χ1n) is 5.71. The van der Waals surface area contributed by atoms with Crippen molar-refractivity contribution in [2.45, 2.75) is 26.4 Å². The van der Waals surface area contributed by atoms with Gasteiger partial charge >= 0.3 is 0 Å². The molecule has 0 heterocycles. The van der Waals surface area contributed by atoms with E-state index in [0.29, 0.717) is 19.2 Å². The van der Waals surface area contributed by atoms with Crippen LogP contribution in [0.2, 0.25) is 0 Å². The van der Waals surface area contributed by atoms with Gasteiger partial charge in [-0.3, -0.25) is 9.36 Å². The van der Waals surface area contributed by atoms with Gasteiger partial charge in [-0.15, -0.1) is 0 Å². The molecule has 0 saturated heterocycles. The van der Waals surface area contributed by atoms with E-state index < -0.39 is 7.37 Å². The topological polar surface area (TPSA) is 43.4 Å². The Bertz CT molecular complexity index is 423. The molecule has 0 saturated carbocycles. The number of hydrogen-bond acceptors (Lipinski definition) is 3. The van der Waals surface area contributed by atoms with Gasteiger partial charge in [0.05, 0.1) is 6.61 Å². The van der Waals surface area contributed by atoms with Crippen LogP contribution in [0.15, 0.2) is 24.3 Å². The molecule has 0 aromatic heterocycles. The van der Waals surface area contributed by atoms with Gasteiger partial charge in [0.1, 0.15) is 5.78 Å². The summed E-state index contributed by atoms with van der Waals surface area (Å²) in [4.78, 5) is 10.9. The van der Waals surface area contributed by atoms with Crippen LogP contribution in [0, 0.1) is 0 Å². The average Bonchev–Trinajstić information content (AvgIpc) is 2.19. The molecule has 94 valence electrons. The van der Waals surface area contributed by atoms with Gasteiger partial charge in [0.25, 0.3) is 0 Å². The largest absolute Gasteiger partial charge is 0.329 e. The van der Waals surface area contributed by atoms with Gasteiger partial charge in [0, 0.05) is 19.2 Å². The van der Waals surface area contributed by atoms with Gasteiger partial charge in [0.2, 0.25) is 7.37 Å². The van der Waals surface area contributed by atoms with Crippen molar-refractivity contribution in [2.75, 3.05) is 13.3 Å². The molecule has 1 rings (SSSR count). The minimum atomic E-state index is -2.52. The third-order valence-corrected chi connectivity index (χ3v) is 4.09. The first-order chi connectivity index (χ1) is 7.93. The summed E-state index contributed by atoms with van der Waals surface area (Å²) in [6.07, 6.45) is 0.900. The zero-order valence-electron chi connectivity index (χ0n) is 10.6. The van der Waals surface area contributed by atoms with Crippen LogP contribution in [-0.4, -0.2) is 19.1 Å². The van der Waals surface area contributed by atoms with Crippen molar-refractivity contribution in [3.05, 3.63) is 35.4 Å². The Hall–Kier alpha value is -0.920. The zero-order valence-corrected chi connectivity index (χ0v) is 11.5. The van der Waals surface area contributed by atoms with Crippen molar-refractivity contribution in [3.63, 3.8) is 0 Å². The fraction of sp³-hybridized carbons (Fsp3) is 0.462. The second kappa shape index (κ2) is 6.13. The Kier molecular flexibility index (Phi) is 5.10. The van der Waals surface area contributed by atoms with E-state index in [4.69, 9.17) is 4.52 Å². The molecule has 0 radical (unpaired) electrons. The van der Waals surface area contributed by atoms with E-state index in [1.807, 2.05) is 31.2 Å². The highest BCUT2D eigenvalue weighted by atomic mass is 31.2. The summed E-state index contributed by atoms with van der Waals surface area (Å²) in [6.45, 7) is 5.53. The van der Waals surface area contributed by atoms with E-state index in [0.717, 1.165) is 11.1 Å². The maximum absolute atomic E-state index is 12.0. The fourth-order valence-corrected chi connectivity index (χ4v) is 3.21. The van der Waals surface area contributed by atoms with Gasteiger partial charge in [-0.1, -0.05) is 24.3 Å². The normalized spacial score (nSPS) is 14.3. The van der Waals surface area contributed by atoms with Crippen LogP contribution >= 0.6 is 7.37 Å². The Morgan fingerprint density at radius 3 is 2.24 bits per heavy atom. The standard InChI is InChI=1S/C13H19O3P/c1-4-16-17(3,15)10-13-7-5-12(6-8-13)9-11(2)14/h5-8H,4,9-10H2,1-3H3. The summed E-state index contributed by atoms with van der Waals surface area (Å²) in [6, 6.07) is 7.63. The molecular weight excluding hydrogens is 235 g/mol. The molecular formula is C13H19O3P. The summed E-state index contributed by atoms with van der Waals surface area (Å²) < 4.78 is 17.2. The van der Waals surface area contributed by atoms with Crippen molar-refractivity contribution in [3.8, 4) is 0 Å². The maximum Gasteiger partial charge on any atom is 0.204 e. The van der Waals surface area contributed by atoms with Crippen LogP contribution in [-0.2, 0) is 26.5 Å². The van der Waals surface area contributed by atoms with E-state index in [1.165, 1.54) is 0 Å². The van der Waals surface area contributed by atoms with Gasteiger partial charge in [-0.25, -0.2) is 0 Å². The number of carbonyl (C=O) groups excluding carboxylic acids is 1. The number of carbonyl (C=O) groups is 1. The predicted molar refractivity (Wildman–Crippen MR) is 69.7 cm³/mol. The van der Waals surface area contributed by atoms with Crippen LogP contribution in [0.5, 0.6) is 0 Å². The minimum absolute atomic E-state index is 0.147. The molecule has 0 aliphatic carbocycles. The zero-order chi connectivity index (χ0) is 12.9. The molecule has 17 heavy (non-hydrogen) atoms. The molecule has 0 aliphatic heterocycles. The molecule has 1 atom stereocenters. The SMILES string of the molecule is CCOP(C)(=O)Cc1ccc(CC(C)=O)cc1. The minimum Gasteiger partial charge on any atom is -0.329 e. The molecule has 0 aliphatic rings. The van der Waals surface area contributed by atoms with Crippen LogP contribution in [0.3, 0.4) is 0 Å². The highest BCUT2D eigenvalue weighted by molar-refractivity contribution is 7.57. The monoisotopic (exact) mass is 254 g/mol.